The average Bonchev–Trinajstić information content (AvgIpc) is 2.31. The van der Waals surface area contributed by atoms with Gasteiger partial charge in [0.2, 0.25) is 0 Å². The van der Waals surface area contributed by atoms with E-state index >= 15 is 0 Å². The van der Waals surface area contributed by atoms with E-state index in [4.69, 9.17) is 0 Å². The smallest absolute Gasteiger partial charge is 0.146 e. The van der Waals surface area contributed by atoms with Gasteiger partial charge in [-0.15, -0.1) is 0 Å². The molecule has 0 amide bonds. The maximum Gasteiger partial charge on any atom is 0.146 e. The Kier molecular flexibility index (Phi) is 5.14. The van der Waals surface area contributed by atoms with Gasteiger partial charge in [-0.2, -0.15) is 0 Å². The molecule has 0 radical (unpaired) electrons. The van der Waals surface area contributed by atoms with Gasteiger partial charge in [0.25, 0.3) is 0 Å². The van der Waals surface area contributed by atoms with E-state index in [1.165, 1.54) is 6.33 Å². The molecule has 17 heavy (non-hydrogen) atoms. The van der Waals surface area contributed by atoms with E-state index in [1.54, 1.807) is 6.92 Å². The predicted molar refractivity (Wildman–Crippen MR) is 73.3 cm³/mol. The maximum atomic E-state index is 9.91. The van der Waals surface area contributed by atoms with Gasteiger partial charge in [0.15, 0.2) is 0 Å². The molecule has 6 heteroatoms. The van der Waals surface area contributed by atoms with Crippen molar-refractivity contribution in [3.63, 3.8) is 0 Å². The highest BCUT2D eigenvalue weighted by Gasteiger charge is 2.18. The molecule has 0 saturated carbocycles. The van der Waals surface area contributed by atoms with Crippen LogP contribution in [0.2, 0.25) is 0 Å². The molecule has 0 bridgehead atoms. The normalized spacial score (nSPS) is 14.2. The third-order valence-corrected chi connectivity index (χ3v) is 3.28. The summed E-state index contributed by atoms with van der Waals surface area (Å²) in [5.41, 5.74) is -0.733. The number of hydrogen-bond acceptors (Lipinski definition) is 5. The van der Waals surface area contributed by atoms with Crippen molar-refractivity contribution >= 4 is 27.6 Å². The second-order valence-electron chi connectivity index (χ2n) is 4.12. The number of aromatic nitrogens is 2. The van der Waals surface area contributed by atoms with Gasteiger partial charge in [0, 0.05) is 13.1 Å². The molecule has 0 fully saturated rings. The van der Waals surface area contributed by atoms with E-state index < -0.39 is 5.60 Å². The lowest BCUT2D eigenvalue weighted by atomic mass is 10.0. The Morgan fingerprint density at radius 1 is 1.29 bits per heavy atom. The molecule has 1 aromatic rings. The van der Waals surface area contributed by atoms with Crippen molar-refractivity contribution in [3.8, 4) is 0 Å². The Balaban J connectivity index is 2.75. The first-order valence-corrected chi connectivity index (χ1v) is 6.50. The number of rotatable bonds is 6. The number of anilines is 2. The minimum atomic E-state index is -0.733. The van der Waals surface area contributed by atoms with Gasteiger partial charge < -0.3 is 15.7 Å². The van der Waals surface area contributed by atoms with Gasteiger partial charge in [-0.05, 0) is 36.2 Å². The van der Waals surface area contributed by atoms with Crippen molar-refractivity contribution in [1.82, 2.24) is 9.97 Å². The molecule has 1 rings (SSSR count). The quantitative estimate of drug-likeness (QED) is 0.752. The van der Waals surface area contributed by atoms with E-state index in [2.05, 4.69) is 36.5 Å². The number of nitrogens with one attached hydrogen (secondary N) is 2. The fourth-order valence-corrected chi connectivity index (χ4v) is 1.67. The van der Waals surface area contributed by atoms with Crippen LogP contribution in [0.25, 0.3) is 0 Å². The van der Waals surface area contributed by atoms with Crippen LogP contribution in [0, 0.1) is 0 Å². The Morgan fingerprint density at radius 3 is 2.41 bits per heavy atom. The molecule has 1 unspecified atom stereocenters. The van der Waals surface area contributed by atoms with Crippen LogP contribution in [0.1, 0.15) is 27.2 Å². The largest absolute Gasteiger partial charge is 0.388 e. The van der Waals surface area contributed by atoms with E-state index in [0.29, 0.717) is 18.8 Å². The molecule has 0 aliphatic carbocycles. The molecule has 0 spiro atoms. The van der Waals surface area contributed by atoms with Gasteiger partial charge in [-0.1, -0.05) is 6.92 Å². The lowest BCUT2D eigenvalue weighted by molar-refractivity contribution is 0.0696. The first-order chi connectivity index (χ1) is 8.00. The maximum absolute atomic E-state index is 9.91. The number of hydrogen-bond donors (Lipinski definition) is 3. The average molecular weight is 303 g/mol. The molecule has 1 aromatic heterocycles. The monoisotopic (exact) mass is 302 g/mol. The zero-order chi connectivity index (χ0) is 12.9. The third kappa shape index (κ3) is 4.12. The lowest BCUT2D eigenvalue weighted by Gasteiger charge is -2.22. The SMILES string of the molecule is CCNc1ncnc(NCC(C)(O)CC)c1Br. The fourth-order valence-electron chi connectivity index (χ4n) is 1.18. The van der Waals surface area contributed by atoms with Gasteiger partial charge in [-0.25, -0.2) is 9.97 Å². The van der Waals surface area contributed by atoms with Crippen LogP contribution >= 0.6 is 15.9 Å². The summed E-state index contributed by atoms with van der Waals surface area (Å²) in [6, 6.07) is 0. The Bertz CT molecular complexity index is 370. The van der Waals surface area contributed by atoms with Crippen LogP contribution in [0.5, 0.6) is 0 Å². The van der Waals surface area contributed by atoms with Crippen molar-refractivity contribution in [2.75, 3.05) is 23.7 Å². The number of nitrogens with zero attached hydrogens (tertiary/aromatic N) is 2. The van der Waals surface area contributed by atoms with Gasteiger partial charge in [0.05, 0.1) is 5.60 Å². The van der Waals surface area contributed by atoms with E-state index in [-0.39, 0.29) is 0 Å². The zero-order valence-corrected chi connectivity index (χ0v) is 12.0. The summed E-state index contributed by atoms with van der Waals surface area (Å²) in [4.78, 5) is 8.26. The summed E-state index contributed by atoms with van der Waals surface area (Å²) in [6.45, 7) is 6.98. The summed E-state index contributed by atoms with van der Waals surface area (Å²) < 4.78 is 0.786. The highest BCUT2D eigenvalue weighted by molar-refractivity contribution is 9.10. The van der Waals surface area contributed by atoms with Gasteiger partial charge in [-0.3, -0.25) is 0 Å². The molecule has 0 aliphatic rings. The summed E-state index contributed by atoms with van der Waals surface area (Å²) in [5, 5.41) is 16.2. The summed E-state index contributed by atoms with van der Waals surface area (Å²) in [5.74, 6) is 1.44. The first-order valence-electron chi connectivity index (χ1n) is 5.70. The van der Waals surface area contributed by atoms with Crippen LogP contribution in [0.4, 0.5) is 11.6 Å². The molecular weight excluding hydrogens is 284 g/mol. The first kappa shape index (κ1) is 14.2. The van der Waals surface area contributed by atoms with E-state index in [1.807, 2.05) is 13.8 Å². The van der Waals surface area contributed by atoms with Crippen molar-refractivity contribution in [3.05, 3.63) is 10.8 Å². The van der Waals surface area contributed by atoms with Gasteiger partial charge >= 0.3 is 0 Å². The molecule has 5 nitrogen and oxygen atoms in total. The standard InChI is InChI=1S/C11H19BrN4O/c1-4-11(3,17)6-14-10-8(12)9(13-5-2)15-7-16-10/h7,17H,4-6H2,1-3H3,(H2,13,14,15,16). The topological polar surface area (TPSA) is 70.1 Å². The summed E-state index contributed by atoms with van der Waals surface area (Å²) >= 11 is 3.44. The van der Waals surface area contributed by atoms with Gasteiger partial charge in [0.1, 0.15) is 22.4 Å². The second kappa shape index (κ2) is 6.16. The van der Waals surface area contributed by atoms with Crippen molar-refractivity contribution in [1.29, 1.82) is 0 Å². The molecule has 3 N–H and O–H groups in total. The minimum Gasteiger partial charge on any atom is -0.388 e. The summed E-state index contributed by atoms with van der Waals surface area (Å²) in [6.07, 6.45) is 2.18. The molecule has 0 aliphatic heterocycles. The molecule has 96 valence electrons. The lowest BCUT2D eigenvalue weighted by Crippen LogP contribution is -2.32. The highest BCUT2D eigenvalue weighted by atomic mass is 79.9. The van der Waals surface area contributed by atoms with Crippen molar-refractivity contribution in [2.24, 2.45) is 0 Å². The third-order valence-electron chi connectivity index (χ3n) is 2.53. The van der Waals surface area contributed by atoms with Crippen molar-refractivity contribution < 1.29 is 5.11 Å². The van der Waals surface area contributed by atoms with Crippen molar-refractivity contribution in [2.45, 2.75) is 32.8 Å². The minimum absolute atomic E-state index is 0.449. The highest BCUT2D eigenvalue weighted by Crippen LogP contribution is 2.26. The Morgan fingerprint density at radius 2 is 1.88 bits per heavy atom. The van der Waals surface area contributed by atoms with Crippen LogP contribution in [0.15, 0.2) is 10.8 Å². The molecule has 1 heterocycles. The van der Waals surface area contributed by atoms with Crippen LogP contribution in [0.3, 0.4) is 0 Å². The van der Waals surface area contributed by atoms with Crippen LogP contribution in [-0.2, 0) is 0 Å². The Labute approximate surface area is 110 Å². The predicted octanol–water partition coefficient (Wildman–Crippen LogP) is 2.24. The molecule has 1 atom stereocenters. The molecular formula is C11H19BrN4O. The number of aliphatic hydroxyl groups is 1. The molecule has 0 aromatic carbocycles. The van der Waals surface area contributed by atoms with Crippen LogP contribution < -0.4 is 10.6 Å². The zero-order valence-electron chi connectivity index (χ0n) is 10.4. The van der Waals surface area contributed by atoms with Crippen LogP contribution in [-0.4, -0.2) is 33.8 Å². The second-order valence-corrected chi connectivity index (χ2v) is 4.91. The summed E-state index contributed by atoms with van der Waals surface area (Å²) in [7, 11) is 0. The van der Waals surface area contributed by atoms with E-state index in [9.17, 15) is 5.11 Å². The van der Waals surface area contributed by atoms with E-state index in [0.717, 1.165) is 16.8 Å². The number of halogens is 1. The fraction of sp³-hybridized carbons (Fsp3) is 0.636. The Hall–Kier alpha value is -0.880. The molecule has 0 saturated heterocycles.